The standard InChI is InChI=1S/C20H24FNO4S/c1-14-3-8-18(23)11-20(14)27(24,25)26-13-16-12-22(2)10-9-19(16)15-4-6-17(21)7-5-15/h3-8,11,16,19,23H,9-10,12-13H2,1-2H3/t16-,19-/m0/s1. The summed E-state index contributed by atoms with van der Waals surface area (Å²) in [7, 11) is -1.99. The highest BCUT2D eigenvalue weighted by Crippen LogP contribution is 2.34. The van der Waals surface area contributed by atoms with Gasteiger partial charge in [-0.3, -0.25) is 4.18 Å². The third-order valence-electron chi connectivity index (χ3n) is 5.11. The van der Waals surface area contributed by atoms with Gasteiger partial charge >= 0.3 is 0 Å². The molecule has 146 valence electrons. The second-order valence-electron chi connectivity index (χ2n) is 7.16. The molecule has 0 amide bonds. The van der Waals surface area contributed by atoms with Crippen LogP contribution in [0.2, 0.25) is 0 Å². The monoisotopic (exact) mass is 393 g/mol. The van der Waals surface area contributed by atoms with Crippen LogP contribution in [0, 0.1) is 18.7 Å². The van der Waals surface area contributed by atoms with Crippen molar-refractivity contribution in [3.63, 3.8) is 0 Å². The van der Waals surface area contributed by atoms with Crippen LogP contribution in [0.15, 0.2) is 47.4 Å². The van der Waals surface area contributed by atoms with Crippen LogP contribution < -0.4 is 0 Å². The number of hydrogen-bond donors (Lipinski definition) is 1. The quantitative estimate of drug-likeness (QED) is 0.790. The van der Waals surface area contributed by atoms with E-state index in [1.807, 2.05) is 7.05 Å². The number of nitrogens with zero attached hydrogens (tertiary/aromatic N) is 1. The average Bonchev–Trinajstić information content (AvgIpc) is 2.63. The van der Waals surface area contributed by atoms with E-state index >= 15 is 0 Å². The maximum Gasteiger partial charge on any atom is 0.297 e. The Bertz CT molecular complexity index is 899. The fraction of sp³-hybridized carbons (Fsp3) is 0.400. The second kappa shape index (κ2) is 7.96. The summed E-state index contributed by atoms with van der Waals surface area (Å²) >= 11 is 0. The van der Waals surface area contributed by atoms with E-state index in [1.54, 1.807) is 25.1 Å². The first-order valence-electron chi connectivity index (χ1n) is 8.89. The third kappa shape index (κ3) is 4.66. The van der Waals surface area contributed by atoms with Crippen molar-refractivity contribution in [1.82, 2.24) is 4.90 Å². The van der Waals surface area contributed by atoms with Gasteiger partial charge in [-0.25, -0.2) is 4.39 Å². The van der Waals surface area contributed by atoms with Crippen molar-refractivity contribution in [3.8, 4) is 5.75 Å². The minimum absolute atomic E-state index is 0.0232. The van der Waals surface area contributed by atoms with E-state index in [4.69, 9.17) is 4.18 Å². The molecule has 1 aliphatic heterocycles. The Morgan fingerprint density at radius 2 is 1.93 bits per heavy atom. The zero-order valence-electron chi connectivity index (χ0n) is 15.4. The van der Waals surface area contributed by atoms with Gasteiger partial charge in [-0.1, -0.05) is 18.2 Å². The van der Waals surface area contributed by atoms with Crippen LogP contribution in [-0.4, -0.2) is 45.2 Å². The number of halogens is 1. The largest absolute Gasteiger partial charge is 0.508 e. The topological polar surface area (TPSA) is 66.8 Å². The van der Waals surface area contributed by atoms with Crippen LogP contribution in [0.5, 0.6) is 5.75 Å². The number of hydrogen-bond acceptors (Lipinski definition) is 5. The molecule has 2 aromatic rings. The smallest absolute Gasteiger partial charge is 0.297 e. The van der Waals surface area contributed by atoms with Gasteiger partial charge in [0.15, 0.2) is 0 Å². The predicted octanol–water partition coefficient (Wildman–Crippen LogP) is 3.28. The van der Waals surface area contributed by atoms with Gasteiger partial charge in [-0.15, -0.1) is 0 Å². The summed E-state index contributed by atoms with van der Waals surface area (Å²) in [5, 5.41) is 9.61. The first-order chi connectivity index (χ1) is 12.8. The van der Waals surface area contributed by atoms with Gasteiger partial charge in [-0.05, 0) is 62.2 Å². The molecule has 1 fully saturated rings. The SMILES string of the molecule is Cc1ccc(O)cc1S(=O)(=O)OC[C@@H]1CN(C)CC[C@H]1c1ccc(F)cc1. The van der Waals surface area contributed by atoms with Crippen LogP contribution in [0.3, 0.4) is 0 Å². The Kier molecular flexibility index (Phi) is 5.83. The first-order valence-corrected chi connectivity index (χ1v) is 10.3. The van der Waals surface area contributed by atoms with Crippen molar-refractivity contribution < 1.29 is 22.1 Å². The summed E-state index contributed by atoms with van der Waals surface area (Å²) in [5.74, 6) is -0.352. The highest BCUT2D eigenvalue weighted by atomic mass is 32.2. The lowest BCUT2D eigenvalue weighted by Crippen LogP contribution is -2.39. The Hall–Kier alpha value is -1.96. The van der Waals surface area contributed by atoms with Crippen LogP contribution in [0.4, 0.5) is 4.39 Å². The summed E-state index contributed by atoms with van der Waals surface area (Å²) in [5.41, 5.74) is 1.51. The minimum Gasteiger partial charge on any atom is -0.508 e. The molecule has 27 heavy (non-hydrogen) atoms. The van der Waals surface area contributed by atoms with E-state index in [9.17, 15) is 17.9 Å². The fourth-order valence-electron chi connectivity index (χ4n) is 3.63. The van der Waals surface area contributed by atoms with E-state index in [2.05, 4.69) is 4.90 Å². The molecule has 0 saturated carbocycles. The molecule has 5 nitrogen and oxygen atoms in total. The summed E-state index contributed by atoms with van der Waals surface area (Å²) in [6.45, 7) is 3.27. The van der Waals surface area contributed by atoms with E-state index in [0.717, 1.165) is 18.5 Å². The lowest BCUT2D eigenvalue weighted by atomic mass is 9.81. The van der Waals surface area contributed by atoms with E-state index in [-0.39, 0.29) is 34.9 Å². The minimum atomic E-state index is -3.98. The van der Waals surface area contributed by atoms with Crippen LogP contribution in [-0.2, 0) is 14.3 Å². The predicted molar refractivity (Wildman–Crippen MR) is 101 cm³/mol. The molecule has 0 aromatic heterocycles. The molecular formula is C20H24FNO4S. The van der Waals surface area contributed by atoms with Gasteiger partial charge < -0.3 is 10.0 Å². The summed E-state index contributed by atoms with van der Waals surface area (Å²) in [6.07, 6.45) is 0.849. The van der Waals surface area contributed by atoms with Crippen LogP contribution in [0.1, 0.15) is 23.5 Å². The van der Waals surface area contributed by atoms with Crippen molar-refractivity contribution >= 4 is 10.1 Å². The first kappa shape index (κ1) is 19.8. The molecule has 0 bridgehead atoms. The zero-order chi connectivity index (χ0) is 19.6. The number of aromatic hydroxyl groups is 1. The molecule has 3 rings (SSSR count). The summed E-state index contributed by atoms with van der Waals surface area (Å²) in [4.78, 5) is 2.12. The lowest BCUT2D eigenvalue weighted by molar-refractivity contribution is 0.132. The maximum absolute atomic E-state index is 13.2. The maximum atomic E-state index is 13.2. The molecule has 1 N–H and O–H groups in total. The van der Waals surface area contributed by atoms with Crippen molar-refractivity contribution in [1.29, 1.82) is 0 Å². The summed E-state index contributed by atoms with van der Waals surface area (Å²) in [6, 6.07) is 10.6. The van der Waals surface area contributed by atoms with Crippen molar-refractivity contribution in [2.24, 2.45) is 5.92 Å². The normalized spacial score (nSPS) is 21.3. The Morgan fingerprint density at radius 3 is 2.63 bits per heavy atom. The molecule has 1 aliphatic rings. The second-order valence-corrected chi connectivity index (χ2v) is 8.74. The zero-order valence-corrected chi connectivity index (χ0v) is 16.2. The molecule has 0 radical (unpaired) electrons. The molecule has 7 heteroatoms. The van der Waals surface area contributed by atoms with Gasteiger partial charge in [-0.2, -0.15) is 8.42 Å². The third-order valence-corrected chi connectivity index (χ3v) is 6.54. The number of aryl methyl sites for hydroxylation is 1. The Morgan fingerprint density at radius 1 is 1.22 bits per heavy atom. The number of likely N-dealkylation sites (tertiary alicyclic amines) is 1. The molecule has 0 unspecified atom stereocenters. The van der Waals surface area contributed by atoms with E-state index in [0.29, 0.717) is 12.1 Å². The number of phenolic OH excluding ortho intramolecular Hbond substituents is 1. The van der Waals surface area contributed by atoms with Crippen LogP contribution in [0.25, 0.3) is 0 Å². The van der Waals surface area contributed by atoms with Gasteiger partial charge in [0.25, 0.3) is 10.1 Å². The number of piperidine rings is 1. The highest BCUT2D eigenvalue weighted by molar-refractivity contribution is 7.86. The number of rotatable bonds is 5. The van der Waals surface area contributed by atoms with Gasteiger partial charge in [0, 0.05) is 18.5 Å². The summed E-state index contributed by atoms with van der Waals surface area (Å²) < 4.78 is 43.9. The van der Waals surface area contributed by atoms with Crippen molar-refractivity contribution in [2.75, 3.05) is 26.7 Å². The van der Waals surface area contributed by atoms with E-state index < -0.39 is 10.1 Å². The number of phenols is 1. The fourth-order valence-corrected chi connectivity index (χ4v) is 4.84. The molecule has 1 heterocycles. The lowest BCUT2D eigenvalue weighted by Gasteiger charge is -2.36. The van der Waals surface area contributed by atoms with Gasteiger partial charge in [0.1, 0.15) is 16.5 Å². The Balaban J connectivity index is 1.78. The highest BCUT2D eigenvalue weighted by Gasteiger charge is 2.31. The molecule has 0 spiro atoms. The van der Waals surface area contributed by atoms with Gasteiger partial charge in [0.05, 0.1) is 6.61 Å². The molecule has 2 atom stereocenters. The van der Waals surface area contributed by atoms with Crippen LogP contribution >= 0.6 is 0 Å². The average molecular weight is 393 g/mol. The van der Waals surface area contributed by atoms with Gasteiger partial charge in [0.2, 0.25) is 0 Å². The molecule has 1 saturated heterocycles. The molecule has 2 aromatic carbocycles. The Labute approximate surface area is 159 Å². The number of benzene rings is 2. The van der Waals surface area contributed by atoms with Crippen molar-refractivity contribution in [3.05, 3.63) is 59.4 Å². The molecular weight excluding hydrogens is 369 g/mol. The van der Waals surface area contributed by atoms with Crippen molar-refractivity contribution in [2.45, 2.75) is 24.2 Å². The molecule has 0 aliphatic carbocycles. The van der Waals surface area contributed by atoms with E-state index in [1.165, 1.54) is 24.3 Å².